The van der Waals surface area contributed by atoms with Gasteiger partial charge in [-0.3, -0.25) is 0 Å². The van der Waals surface area contributed by atoms with E-state index in [2.05, 4.69) is 347 Å². The zero-order chi connectivity index (χ0) is 72.1. The van der Waals surface area contributed by atoms with Crippen molar-refractivity contribution in [3.63, 3.8) is 0 Å². The summed E-state index contributed by atoms with van der Waals surface area (Å²) in [4.78, 5) is 0. The van der Waals surface area contributed by atoms with Crippen molar-refractivity contribution in [3.8, 4) is 44.5 Å². The Morgan fingerprint density at radius 1 is 0.171 bits per heavy atom. The molecule has 0 radical (unpaired) electrons. The van der Waals surface area contributed by atoms with Crippen molar-refractivity contribution in [1.82, 2.24) is 0 Å². The van der Waals surface area contributed by atoms with E-state index in [0.717, 1.165) is 89.0 Å². The standard InChI is InChI=1S/C96H92GeO8/c1-89(2)61-98-93(99-62-89,77-21-13-9-14-22-77)81-45-29-69(30-46-81)73-37-53-85(54-38-73)97(86-55-39-74(40-56-86)70-31-47-82(48-32-70)94(78-23-15-10-16-24-78)100-63-90(3,4)64-101-94,87-57-41-75(42-58-87)71-33-49-83(50-34-71)95(79-25-17-11-18-26-79)102-65-91(5,6)66-103-95)88-59-43-76(44-60-88)72-35-51-84(52-36-72)96(80-27-19-12-20-28-80)104-67-92(7,8)68-105-96/h9-60H,61-68H2,1-8H3. The summed E-state index contributed by atoms with van der Waals surface area (Å²) in [6.07, 6.45) is 0. The Morgan fingerprint density at radius 2 is 0.305 bits per heavy atom. The molecule has 528 valence electrons. The second kappa shape index (κ2) is 28.0. The van der Waals surface area contributed by atoms with Gasteiger partial charge in [-0.25, -0.2) is 0 Å². The average Bonchev–Trinajstić information content (AvgIpc) is 0.728. The zero-order valence-corrected chi connectivity index (χ0v) is 63.5. The molecule has 0 atom stereocenters. The maximum atomic E-state index is 6.79. The topological polar surface area (TPSA) is 73.8 Å². The van der Waals surface area contributed by atoms with Crippen molar-refractivity contribution < 1.29 is 37.9 Å². The van der Waals surface area contributed by atoms with E-state index >= 15 is 0 Å². The van der Waals surface area contributed by atoms with Crippen LogP contribution >= 0.6 is 0 Å². The first kappa shape index (κ1) is 70.2. The van der Waals surface area contributed by atoms with Crippen molar-refractivity contribution in [2.45, 2.75) is 78.5 Å². The molecule has 0 saturated carbocycles. The first-order chi connectivity index (χ1) is 50.8. The van der Waals surface area contributed by atoms with Crippen LogP contribution < -0.4 is 17.6 Å². The summed E-state index contributed by atoms with van der Waals surface area (Å²) in [5, 5.41) is 0. The van der Waals surface area contributed by atoms with E-state index in [1.54, 1.807) is 0 Å². The van der Waals surface area contributed by atoms with E-state index in [9.17, 15) is 0 Å². The second-order valence-corrected chi connectivity index (χ2v) is 40.3. The molecule has 4 fully saturated rings. The molecule has 4 aliphatic rings. The van der Waals surface area contributed by atoms with E-state index in [4.69, 9.17) is 37.9 Å². The van der Waals surface area contributed by atoms with Crippen molar-refractivity contribution in [1.29, 1.82) is 0 Å². The molecule has 0 aromatic heterocycles. The van der Waals surface area contributed by atoms with Crippen LogP contribution in [0.25, 0.3) is 44.5 Å². The van der Waals surface area contributed by atoms with Crippen LogP contribution in [0.3, 0.4) is 0 Å². The molecule has 4 aliphatic heterocycles. The molecule has 4 saturated heterocycles. The summed E-state index contributed by atoms with van der Waals surface area (Å²) in [5.41, 5.74) is 16.2. The first-order valence-electron chi connectivity index (χ1n) is 37.0. The molecule has 8 nitrogen and oxygen atoms in total. The van der Waals surface area contributed by atoms with Gasteiger partial charge in [0.05, 0.1) is 0 Å². The zero-order valence-electron chi connectivity index (χ0n) is 61.4. The summed E-state index contributed by atoms with van der Waals surface area (Å²) in [6, 6.07) is 114. The normalized spacial score (nSPS) is 19.0. The Bertz CT molecular complexity index is 4270. The van der Waals surface area contributed by atoms with Gasteiger partial charge >= 0.3 is 547 Å². The minimum atomic E-state index is -4.14. The van der Waals surface area contributed by atoms with Crippen LogP contribution in [-0.4, -0.2) is 66.1 Å². The molecule has 105 heavy (non-hydrogen) atoms. The summed E-state index contributed by atoms with van der Waals surface area (Å²) >= 11 is -4.14. The molecule has 12 aromatic carbocycles. The predicted octanol–water partition coefficient (Wildman–Crippen LogP) is 18.8. The van der Waals surface area contributed by atoms with E-state index in [0.29, 0.717) is 52.9 Å². The molecule has 0 bridgehead atoms. The molecular weight excluding hydrogens is 1350 g/mol. The third-order valence-corrected chi connectivity index (χ3v) is 31.7. The molecule has 0 spiro atoms. The molecule has 0 unspecified atom stereocenters. The van der Waals surface area contributed by atoms with E-state index in [-0.39, 0.29) is 21.7 Å². The molecular formula is C96H92GeO8. The summed E-state index contributed by atoms with van der Waals surface area (Å²) in [5.74, 6) is -4.08. The number of ether oxygens (including phenoxy) is 8. The molecule has 0 aliphatic carbocycles. The van der Waals surface area contributed by atoms with Gasteiger partial charge in [0, 0.05) is 0 Å². The van der Waals surface area contributed by atoms with Gasteiger partial charge in [-0.15, -0.1) is 0 Å². The molecule has 4 heterocycles. The Balaban J connectivity index is 0.811. The van der Waals surface area contributed by atoms with Crippen LogP contribution in [0.1, 0.15) is 99.9 Å². The molecule has 12 aromatic rings. The average molecular weight is 1450 g/mol. The van der Waals surface area contributed by atoms with Crippen molar-refractivity contribution in [2.24, 2.45) is 21.7 Å². The molecule has 0 N–H and O–H groups in total. The number of rotatable bonds is 16. The molecule has 0 amide bonds. The van der Waals surface area contributed by atoms with Crippen LogP contribution in [0.5, 0.6) is 0 Å². The van der Waals surface area contributed by atoms with Crippen molar-refractivity contribution in [2.75, 3.05) is 52.9 Å². The number of hydrogen-bond acceptors (Lipinski definition) is 8. The van der Waals surface area contributed by atoms with E-state index in [1.807, 2.05) is 24.3 Å². The molecule has 16 rings (SSSR count). The SMILES string of the molecule is CC1(C)COC(c2ccccc2)(c2ccc(-c3cc[c]([Ge]([c]4ccc(-c5ccc(C6(c7ccccc7)OCC(C)(C)CO6)cc5)cc4)([c]4ccc(-c5ccc(C6(c7ccccc7)OCC(C)(C)CO6)cc5)cc4)[c]4ccc(-c5ccc(C6(c7ccccc7)OCC(C)(C)CO6)cc5)cc4)cc3)cc2)OC1. The Kier molecular flexibility index (Phi) is 18.7. The van der Waals surface area contributed by atoms with Gasteiger partial charge in [0.1, 0.15) is 0 Å². The molecule has 9 heteroatoms. The monoisotopic (exact) mass is 1450 g/mol. The van der Waals surface area contributed by atoms with E-state index in [1.165, 1.54) is 17.6 Å². The fourth-order valence-electron chi connectivity index (χ4n) is 15.5. The third-order valence-electron chi connectivity index (χ3n) is 21.6. The summed E-state index contributed by atoms with van der Waals surface area (Å²) in [7, 11) is 0. The maximum absolute atomic E-state index is 6.79. The van der Waals surface area contributed by atoms with Crippen LogP contribution in [-0.2, 0) is 61.0 Å². The van der Waals surface area contributed by atoms with Gasteiger partial charge < -0.3 is 0 Å². The summed E-state index contributed by atoms with van der Waals surface area (Å²) in [6.45, 7) is 22.1. The van der Waals surface area contributed by atoms with Gasteiger partial charge in [-0.1, -0.05) is 79.7 Å². The van der Waals surface area contributed by atoms with Crippen LogP contribution in [0.4, 0.5) is 0 Å². The van der Waals surface area contributed by atoms with Gasteiger partial charge in [-0.2, -0.15) is 0 Å². The van der Waals surface area contributed by atoms with Crippen molar-refractivity contribution in [3.05, 3.63) is 360 Å². The van der Waals surface area contributed by atoms with Crippen molar-refractivity contribution >= 4 is 30.8 Å². The van der Waals surface area contributed by atoms with Gasteiger partial charge in [-0.05, 0) is 0 Å². The van der Waals surface area contributed by atoms with Gasteiger partial charge in [0.15, 0.2) is 0 Å². The van der Waals surface area contributed by atoms with Crippen LogP contribution in [0.2, 0.25) is 0 Å². The fourth-order valence-corrected chi connectivity index (χ4v) is 25.3. The quantitative estimate of drug-likeness (QED) is 0.0886. The number of benzene rings is 12. The van der Waals surface area contributed by atoms with Gasteiger partial charge in [0.2, 0.25) is 0 Å². The van der Waals surface area contributed by atoms with Gasteiger partial charge in [0.25, 0.3) is 0 Å². The fraction of sp³-hybridized carbons (Fsp3) is 0.250. The second-order valence-electron chi connectivity index (χ2n) is 32.3. The predicted molar refractivity (Wildman–Crippen MR) is 423 cm³/mol. The van der Waals surface area contributed by atoms with Crippen LogP contribution in [0, 0.1) is 21.7 Å². The first-order valence-corrected chi connectivity index (χ1v) is 41.2. The Morgan fingerprint density at radius 3 is 0.457 bits per heavy atom. The number of hydrogen-bond donors (Lipinski definition) is 0. The minimum absolute atomic E-state index is 0.111. The Hall–Kier alpha value is -9.14. The summed E-state index contributed by atoms with van der Waals surface area (Å²) < 4.78 is 59.5. The third kappa shape index (κ3) is 13.4. The Labute approximate surface area is 622 Å². The van der Waals surface area contributed by atoms with E-state index < -0.39 is 36.4 Å². The van der Waals surface area contributed by atoms with Crippen LogP contribution in [0.15, 0.2) is 315 Å².